The molecule has 0 spiro atoms. The Morgan fingerprint density at radius 2 is 1.19 bits per heavy atom. The summed E-state index contributed by atoms with van der Waals surface area (Å²) in [6, 6.07) is 34.8. The Bertz CT molecular complexity index is 1790. The largest absolute Gasteiger partial charge is 0.375 e. The first-order valence-corrected chi connectivity index (χ1v) is 15.2. The summed E-state index contributed by atoms with van der Waals surface area (Å²) < 4.78 is 0. The quantitative estimate of drug-likeness (QED) is 0.186. The van der Waals surface area contributed by atoms with Crippen molar-refractivity contribution in [3.63, 3.8) is 0 Å². The smallest absolute Gasteiger partial charge is 0.257 e. The van der Waals surface area contributed by atoms with Crippen LogP contribution in [0, 0.1) is 13.8 Å². The fourth-order valence-electron chi connectivity index (χ4n) is 3.81. The van der Waals surface area contributed by atoms with Crippen LogP contribution < -0.4 is 11.1 Å². The van der Waals surface area contributed by atoms with Gasteiger partial charge in [-0.05, 0) is 54.8 Å². The molecule has 6 nitrogen and oxygen atoms in total. The van der Waals surface area contributed by atoms with Crippen LogP contribution in [0.5, 0.6) is 0 Å². The molecule has 0 unspecified atom stereocenters. The number of amides is 1. The fourth-order valence-corrected chi connectivity index (χ4v) is 5.44. The van der Waals surface area contributed by atoms with E-state index in [4.69, 9.17) is 17.3 Å². The van der Waals surface area contributed by atoms with Gasteiger partial charge >= 0.3 is 0 Å². The molecule has 2 aromatic heterocycles. The second kappa shape index (κ2) is 15.6. The number of halogens is 1. The zero-order valence-corrected chi connectivity index (χ0v) is 25.9. The lowest BCUT2D eigenvalue weighted by atomic mass is 10.1. The average Bonchev–Trinajstić information content (AvgIpc) is 3.68. The first-order chi connectivity index (χ1) is 20.8. The fraction of sp³-hybridized carbons (Fsp3) is 0.0588. The molecule has 9 heteroatoms. The summed E-state index contributed by atoms with van der Waals surface area (Å²) in [5.74, 6) is -0.132. The summed E-state index contributed by atoms with van der Waals surface area (Å²) in [6.45, 7) is 3.89. The monoisotopic (exact) mass is 624 g/mol. The molecule has 3 N–H and O–H groups in total. The highest BCUT2D eigenvalue weighted by atomic mass is 35.5. The van der Waals surface area contributed by atoms with Crippen molar-refractivity contribution in [1.29, 1.82) is 0 Å². The van der Waals surface area contributed by atoms with E-state index < -0.39 is 5.24 Å². The van der Waals surface area contributed by atoms with Gasteiger partial charge in [0.15, 0.2) is 10.3 Å². The van der Waals surface area contributed by atoms with Crippen molar-refractivity contribution in [2.24, 2.45) is 0 Å². The molecule has 0 bridgehead atoms. The molecule has 1 amide bonds. The Balaban J connectivity index is 0.000000163. The van der Waals surface area contributed by atoms with Gasteiger partial charge in [0.2, 0.25) is 0 Å². The van der Waals surface area contributed by atoms with Crippen LogP contribution in [0.4, 0.5) is 10.3 Å². The Kier molecular flexibility index (Phi) is 11.3. The third-order valence-corrected chi connectivity index (χ3v) is 7.95. The zero-order chi connectivity index (χ0) is 30.6. The number of hydrogen-bond acceptors (Lipinski definition) is 7. The summed E-state index contributed by atoms with van der Waals surface area (Å²) in [5.41, 5.74) is 11.1. The van der Waals surface area contributed by atoms with Gasteiger partial charge in [-0.3, -0.25) is 14.9 Å². The van der Waals surface area contributed by atoms with Crippen LogP contribution in [0.2, 0.25) is 0 Å². The standard InChI is InChI=1S/C17H14N2OS.C9H8N2S.C8H7ClO/c1-12-6-5-9-14(10-12)16(20)19-17-18-11-15(21-17)13-7-3-2-4-8-13;10-9-11-6-8(12-9)7-4-2-1-3-5-7;1-6-3-2-4-7(5-6)8(9)10/h2-11H,1H3,(H,18,19,20);1-6H,(H2,10,11);2-5H,1H3. The number of carbonyl (C=O) groups is 2. The number of nitrogen functional groups attached to an aromatic ring is 1. The number of nitrogens with one attached hydrogen (secondary N) is 1. The minimum absolute atomic E-state index is 0.132. The van der Waals surface area contributed by atoms with E-state index in [9.17, 15) is 9.59 Å². The van der Waals surface area contributed by atoms with E-state index in [1.165, 1.54) is 28.2 Å². The van der Waals surface area contributed by atoms with Crippen molar-refractivity contribution in [2.75, 3.05) is 11.1 Å². The van der Waals surface area contributed by atoms with Gasteiger partial charge in [-0.1, -0.05) is 125 Å². The number of aryl methyl sites for hydroxylation is 2. The summed E-state index contributed by atoms with van der Waals surface area (Å²) in [6.07, 6.45) is 3.58. The summed E-state index contributed by atoms with van der Waals surface area (Å²) in [7, 11) is 0. The van der Waals surface area contributed by atoms with Gasteiger partial charge in [0.05, 0.1) is 9.75 Å². The lowest BCUT2D eigenvalue weighted by Gasteiger charge is -2.02. The third kappa shape index (κ3) is 9.72. The number of aromatic nitrogens is 2. The van der Waals surface area contributed by atoms with Crippen LogP contribution in [0.15, 0.2) is 122 Å². The van der Waals surface area contributed by atoms with Crippen molar-refractivity contribution >= 4 is 55.7 Å². The molecule has 0 aliphatic rings. The van der Waals surface area contributed by atoms with E-state index >= 15 is 0 Å². The van der Waals surface area contributed by atoms with E-state index in [-0.39, 0.29) is 5.91 Å². The highest BCUT2D eigenvalue weighted by Crippen LogP contribution is 2.29. The summed E-state index contributed by atoms with van der Waals surface area (Å²) >= 11 is 8.21. The van der Waals surface area contributed by atoms with E-state index in [0.29, 0.717) is 21.4 Å². The van der Waals surface area contributed by atoms with Crippen LogP contribution in [0.1, 0.15) is 31.8 Å². The summed E-state index contributed by atoms with van der Waals surface area (Å²) in [5, 5.41) is 3.68. The predicted molar refractivity (Wildman–Crippen MR) is 180 cm³/mol. The van der Waals surface area contributed by atoms with Gasteiger partial charge in [-0.2, -0.15) is 0 Å². The molecule has 0 fully saturated rings. The molecule has 0 saturated carbocycles. The predicted octanol–water partition coefficient (Wildman–Crippen LogP) is 9.14. The van der Waals surface area contributed by atoms with Crippen molar-refractivity contribution in [2.45, 2.75) is 13.8 Å². The molecule has 6 rings (SSSR count). The molecule has 0 atom stereocenters. The van der Waals surface area contributed by atoms with Crippen molar-refractivity contribution in [3.05, 3.63) is 144 Å². The molecular weight excluding hydrogens is 596 g/mol. The van der Waals surface area contributed by atoms with Gasteiger partial charge in [0.25, 0.3) is 11.1 Å². The van der Waals surface area contributed by atoms with Crippen LogP contribution in [0.25, 0.3) is 20.9 Å². The van der Waals surface area contributed by atoms with Crippen LogP contribution in [-0.2, 0) is 0 Å². The number of thiazole rings is 2. The van der Waals surface area contributed by atoms with E-state index in [1.54, 1.807) is 30.6 Å². The van der Waals surface area contributed by atoms with E-state index in [0.717, 1.165) is 26.4 Å². The normalized spacial score (nSPS) is 10.0. The molecule has 4 aromatic carbocycles. The summed E-state index contributed by atoms with van der Waals surface area (Å²) in [4.78, 5) is 33.1. The molecule has 0 aliphatic carbocycles. The highest BCUT2D eigenvalue weighted by molar-refractivity contribution is 7.19. The number of carbonyl (C=O) groups excluding carboxylic acids is 2. The maximum atomic E-state index is 12.2. The van der Waals surface area contributed by atoms with Crippen LogP contribution in [0.3, 0.4) is 0 Å². The van der Waals surface area contributed by atoms with Crippen LogP contribution in [-0.4, -0.2) is 21.1 Å². The average molecular weight is 625 g/mol. The van der Waals surface area contributed by atoms with Gasteiger partial charge in [-0.15, -0.1) is 0 Å². The maximum absolute atomic E-state index is 12.2. The first kappa shape index (κ1) is 31.3. The Morgan fingerprint density at radius 1 is 0.674 bits per heavy atom. The van der Waals surface area contributed by atoms with Crippen molar-refractivity contribution < 1.29 is 9.59 Å². The van der Waals surface area contributed by atoms with Gasteiger partial charge in [0, 0.05) is 23.5 Å². The van der Waals surface area contributed by atoms with Crippen LogP contribution >= 0.6 is 34.3 Å². The van der Waals surface area contributed by atoms with E-state index in [1.807, 2.05) is 105 Å². The van der Waals surface area contributed by atoms with E-state index in [2.05, 4.69) is 15.3 Å². The minimum atomic E-state index is -0.399. The van der Waals surface area contributed by atoms with Crippen molar-refractivity contribution in [1.82, 2.24) is 9.97 Å². The Labute approximate surface area is 263 Å². The number of nitrogens with zero attached hydrogens (tertiary/aromatic N) is 2. The molecule has 0 radical (unpaired) electrons. The Morgan fingerprint density at radius 3 is 1.67 bits per heavy atom. The molecule has 0 saturated heterocycles. The minimum Gasteiger partial charge on any atom is -0.375 e. The maximum Gasteiger partial charge on any atom is 0.257 e. The number of benzene rings is 4. The second-order valence-corrected chi connectivity index (χ2v) is 11.7. The molecule has 6 aromatic rings. The highest BCUT2D eigenvalue weighted by Gasteiger charge is 2.10. The molecule has 216 valence electrons. The second-order valence-electron chi connectivity index (χ2n) is 9.29. The number of anilines is 2. The first-order valence-electron chi connectivity index (χ1n) is 13.2. The Hall–Kier alpha value is -4.63. The van der Waals surface area contributed by atoms with Gasteiger partial charge < -0.3 is 5.73 Å². The van der Waals surface area contributed by atoms with Gasteiger partial charge in [0.1, 0.15) is 0 Å². The lowest BCUT2D eigenvalue weighted by Crippen LogP contribution is -2.11. The number of rotatable bonds is 5. The number of hydrogen-bond donors (Lipinski definition) is 2. The molecular formula is C34H29ClN4O2S2. The van der Waals surface area contributed by atoms with Gasteiger partial charge in [-0.25, -0.2) is 9.97 Å². The SMILES string of the molecule is Cc1cccc(C(=O)Cl)c1.Cc1cccc(C(=O)Nc2ncc(-c3ccccc3)s2)c1.Nc1ncc(-c2ccccc2)s1. The third-order valence-electron chi connectivity index (χ3n) is 5.89. The molecule has 43 heavy (non-hydrogen) atoms. The topological polar surface area (TPSA) is 98.0 Å². The van der Waals surface area contributed by atoms with Crippen molar-refractivity contribution in [3.8, 4) is 20.9 Å². The zero-order valence-electron chi connectivity index (χ0n) is 23.5. The lowest BCUT2D eigenvalue weighted by molar-refractivity contribution is 0.102. The molecule has 0 aliphatic heterocycles. The molecule has 2 heterocycles. The number of nitrogens with two attached hydrogens (primary N) is 1.